The number of nitriles is 1. The molecule has 1 aromatic heterocycles. The van der Waals surface area contributed by atoms with Crippen molar-refractivity contribution in [2.45, 2.75) is 6.92 Å². The molecule has 3 N–H and O–H groups in total. The number of aryl methyl sites for hydroxylation is 1. The number of hydrogen-bond donors (Lipinski definition) is 2. The second-order valence-corrected chi connectivity index (χ2v) is 3.76. The van der Waals surface area contributed by atoms with Crippen LogP contribution in [0.2, 0.25) is 0 Å². The Balaban J connectivity index is 2.53. The quantitative estimate of drug-likeness (QED) is 0.818. The number of nitrogens with zero attached hydrogens (tertiary/aromatic N) is 1. The van der Waals surface area contributed by atoms with Crippen molar-refractivity contribution in [2.75, 3.05) is 0 Å². The van der Waals surface area contributed by atoms with Crippen LogP contribution in [0.1, 0.15) is 21.6 Å². The van der Waals surface area contributed by atoms with E-state index in [1.165, 1.54) is 0 Å². The van der Waals surface area contributed by atoms with Crippen LogP contribution in [0.25, 0.3) is 11.1 Å². The Morgan fingerprint density at radius 3 is 2.53 bits per heavy atom. The number of hydrogen-bond acceptors (Lipinski definition) is 2. The number of aromatic nitrogens is 1. The van der Waals surface area contributed by atoms with Crippen molar-refractivity contribution >= 4 is 5.91 Å². The van der Waals surface area contributed by atoms with Crippen LogP contribution in [0, 0.1) is 18.3 Å². The third kappa shape index (κ3) is 1.91. The first-order valence-electron chi connectivity index (χ1n) is 5.12. The van der Waals surface area contributed by atoms with Crippen LogP contribution in [0.4, 0.5) is 0 Å². The second-order valence-electron chi connectivity index (χ2n) is 3.76. The van der Waals surface area contributed by atoms with Gasteiger partial charge in [-0.2, -0.15) is 5.26 Å². The maximum Gasteiger partial charge on any atom is 0.251 e. The predicted octanol–water partition coefficient (Wildman–Crippen LogP) is 1.96. The Kier molecular flexibility index (Phi) is 2.67. The van der Waals surface area contributed by atoms with Crippen LogP contribution in [-0.2, 0) is 0 Å². The summed E-state index contributed by atoms with van der Waals surface area (Å²) in [6.45, 7) is 1.80. The minimum absolute atomic E-state index is 0.455. The van der Waals surface area contributed by atoms with Crippen molar-refractivity contribution in [3.05, 3.63) is 47.3 Å². The highest BCUT2D eigenvalue weighted by Crippen LogP contribution is 2.25. The molecule has 0 saturated carbocycles. The SMILES string of the molecule is Cc1[nH]cc(-c2ccc(C#N)cc2)c1C(N)=O. The van der Waals surface area contributed by atoms with Gasteiger partial charge in [0.1, 0.15) is 0 Å². The summed E-state index contributed by atoms with van der Waals surface area (Å²) in [6, 6.07) is 9.07. The van der Waals surface area contributed by atoms with Gasteiger partial charge in [-0.3, -0.25) is 4.79 Å². The zero-order chi connectivity index (χ0) is 12.4. The van der Waals surface area contributed by atoms with Gasteiger partial charge in [-0.1, -0.05) is 12.1 Å². The molecule has 0 aliphatic carbocycles. The molecule has 1 aromatic carbocycles. The van der Waals surface area contributed by atoms with E-state index in [9.17, 15) is 4.79 Å². The molecule has 0 spiro atoms. The van der Waals surface area contributed by atoms with Gasteiger partial charge in [-0.25, -0.2) is 0 Å². The average Bonchev–Trinajstić information content (AvgIpc) is 2.71. The first-order valence-corrected chi connectivity index (χ1v) is 5.12. The van der Waals surface area contributed by atoms with Gasteiger partial charge >= 0.3 is 0 Å². The number of nitrogens with two attached hydrogens (primary N) is 1. The van der Waals surface area contributed by atoms with Crippen LogP contribution in [-0.4, -0.2) is 10.9 Å². The highest BCUT2D eigenvalue weighted by atomic mass is 16.1. The standard InChI is InChI=1S/C13H11N3O/c1-8-12(13(15)17)11(7-16-8)10-4-2-9(6-14)3-5-10/h2-5,7,16H,1H3,(H2,15,17). The fourth-order valence-corrected chi connectivity index (χ4v) is 1.80. The summed E-state index contributed by atoms with van der Waals surface area (Å²) < 4.78 is 0. The first-order chi connectivity index (χ1) is 8.13. The second kappa shape index (κ2) is 4.14. The number of primary amides is 1. The van der Waals surface area contributed by atoms with Crippen molar-refractivity contribution < 1.29 is 4.79 Å². The number of carbonyl (C=O) groups excluding carboxylic acids is 1. The molecule has 17 heavy (non-hydrogen) atoms. The fourth-order valence-electron chi connectivity index (χ4n) is 1.80. The molecule has 0 bridgehead atoms. The lowest BCUT2D eigenvalue weighted by Crippen LogP contribution is -2.12. The van der Waals surface area contributed by atoms with E-state index < -0.39 is 5.91 Å². The minimum atomic E-state index is -0.455. The number of rotatable bonds is 2. The Morgan fingerprint density at radius 2 is 2.00 bits per heavy atom. The van der Waals surface area contributed by atoms with Crippen molar-refractivity contribution in [2.24, 2.45) is 5.73 Å². The normalized spacial score (nSPS) is 9.88. The van der Waals surface area contributed by atoms with Crippen LogP contribution in [0.3, 0.4) is 0 Å². The van der Waals surface area contributed by atoms with Crippen LogP contribution in [0.5, 0.6) is 0 Å². The van der Waals surface area contributed by atoms with Crippen molar-refractivity contribution in [3.63, 3.8) is 0 Å². The molecule has 0 fully saturated rings. The summed E-state index contributed by atoms with van der Waals surface area (Å²) in [5.74, 6) is -0.455. The molecule has 4 heteroatoms. The van der Waals surface area contributed by atoms with Gasteiger partial charge in [0.25, 0.3) is 5.91 Å². The number of nitrogens with one attached hydrogen (secondary N) is 1. The summed E-state index contributed by atoms with van der Waals surface area (Å²) in [6.07, 6.45) is 1.75. The van der Waals surface area contributed by atoms with Crippen LogP contribution in [0.15, 0.2) is 30.5 Å². The molecular formula is C13H11N3O. The molecule has 1 amide bonds. The van der Waals surface area contributed by atoms with Crippen LogP contribution >= 0.6 is 0 Å². The largest absolute Gasteiger partial charge is 0.366 e. The van der Waals surface area contributed by atoms with Gasteiger partial charge in [0.05, 0.1) is 17.2 Å². The molecule has 1 heterocycles. The van der Waals surface area contributed by atoms with E-state index in [2.05, 4.69) is 4.98 Å². The maximum atomic E-state index is 11.4. The lowest BCUT2D eigenvalue weighted by atomic mass is 10.0. The average molecular weight is 225 g/mol. The van der Waals surface area contributed by atoms with Gasteiger partial charge in [-0.15, -0.1) is 0 Å². The molecule has 4 nitrogen and oxygen atoms in total. The topological polar surface area (TPSA) is 82.7 Å². The zero-order valence-corrected chi connectivity index (χ0v) is 9.32. The van der Waals surface area contributed by atoms with Crippen molar-refractivity contribution in [1.82, 2.24) is 4.98 Å². The van der Waals surface area contributed by atoms with E-state index in [0.29, 0.717) is 11.1 Å². The van der Waals surface area contributed by atoms with Gasteiger partial charge in [0.2, 0.25) is 0 Å². The van der Waals surface area contributed by atoms with Gasteiger partial charge in [0.15, 0.2) is 0 Å². The highest BCUT2D eigenvalue weighted by Gasteiger charge is 2.14. The van der Waals surface area contributed by atoms with Crippen molar-refractivity contribution in [1.29, 1.82) is 5.26 Å². The molecule has 0 saturated heterocycles. The lowest BCUT2D eigenvalue weighted by Gasteiger charge is -2.02. The number of aromatic amines is 1. The van der Waals surface area contributed by atoms with Crippen LogP contribution < -0.4 is 5.73 Å². The summed E-state index contributed by atoms with van der Waals surface area (Å²) in [4.78, 5) is 14.3. The van der Waals surface area contributed by atoms with E-state index >= 15 is 0 Å². The monoisotopic (exact) mass is 225 g/mol. The number of carbonyl (C=O) groups is 1. The predicted molar refractivity (Wildman–Crippen MR) is 64.2 cm³/mol. The molecular weight excluding hydrogens is 214 g/mol. The lowest BCUT2D eigenvalue weighted by molar-refractivity contribution is 0.100. The van der Waals surface area contributed by atoms with E-state index in [1.807, 2.05) is 6.07 Å². The molecule has 0 atom stereocenters. The third-order valence-electron chi connectivity index (χ3n) is 2.65. The molecule has 2 rings (SSSR count). The fraction of sp³-hybridized carbons (Fsp3) is 0.0769. The Bertz CT molecular complexity index is 603. The third-order valence-corrected chi connectivity index (χ3v) is 2.65. The molecule has 0 unspecified atom stereocenters. The molecule has 84 valence electrons. The minimum Gasteiger partial charge on any atom is -0.366 e. The van der Waals surface area contributed by atoms with E-state index in [1.54, 1.807) is 37.4 Å². The molecule has 0 radical (unpaired) electrons. The smallest absolute Gasteiger partial charge is 0.251 e. The molecule has 0 aliphatic rings. The summed E-state index contributed by atoms with van der Waals surface area (Å²) in [7, 11) is 0. The number of benzene rings is 1. The van der Waals surface area contributed by atoms with E-state index in [4.69, 9.17) is 11.0 Å². The number of H-pyrrole nitrogens is 1. The first kappa shape index (κ1) is 11.0. The van der Waals surface area contributed by atoms with Gasteiger partial charge in [-0.05, 0) is 24.6 Å². The van der Waals surface area contributed by atoms with E-state index in [-0.39, 0.29) is 0 Å². The van der Waals surface area contributed by atoms with E-state index in [0.717, 1.165) is 16.8 Å². The molecule has 0 aliphatic heterocycles. The van der Waals surface area contributed by atoms with Crippen molar-refractivity contribution in [3.8, 4) is 17.2 Å². The Labute approximate surface area is 98.7 Å². The van der Waals surface area contributed by atoms with Gasteiger partial charge < -0.3 is 10.7 Å². The Hall–Kier alpha value is -2.54. The number of amides is 1. The summed E-state index contributed by atoms with van der Waals surface area (Å²) >= 11 is 0. The summed E-state index contributed by atoms with van der Waals surface area (Å²) in [5, 5.41) is 8.72. The maximum absolute atomic E-state index is 11.4. The molecule has 2 aromatic rings. The Morgan fingerprint density at radius 1 is 1.35 bits per heavy atom. The summed E-state index contributed by atoms with van der Waals surface area (Å²) in [5.41, 5.74) is 8.80. The van der Waals surface area contributed by atoms with Gasteiger partial charge in [0, 0.05) is 17.5 Å². The highest BCUT2D eigenvalue weighted by molar-refractivity contribution is 6.01. The zero-order valence-electron chi connectivity index (χ0n) is 9.32.